The van der Waals surface area contributed by atoms with Gasteiger partial charge in [0.2, 0.25) is 0 Å². The van der Waals surface area contributed by atoms with Gasteiger partial charge in [0.15, 0.2) is 11.0 Å². The predicted molar refractivity (Wildman–Crippen MR) is 125 cm³/mol. The fourth-order valence-electron chi connectivity index (χ4n) is 3.41. The van der Waals surface area contributed by atoms with Gasteiger partial charge in [-0.15, -0.1) is 10.2 Å². The maximum Gasteiger partial charge on any atom is 0.191 e. The Bertz CT molecular complexity index is 1150. The van der Waals surface area contributed by atoms with Crippen LogP contribution in [0, 0.1) is 12.8 Å². The Morgan fingerprint density at radius 1 is 1.03 bits per heavy atom. The number of hydrogen-bond donors (Lipinski definition) is 0. The van der Waals surface area contributed by atoms with E-state index in [9.17, 15) is 0 Å². The average Bonchev–Trinajstić information content (AvgIpc) is 3.33. The molecule has 0 N–H and O–H groups in total. The quantitative estimate of drug-likeness (QED) is 0.333. The van der Waals surface area contributed by atoms with Crippen molar-refractivity contribution in [2.75, 3.05) is 0 Å². The minimum atomic E-state index is 0.402. The van der Waals surface area contributed by atoms with Gasteiger partial charge in [-0.1, -0.05) is 50.7 Å². The highest BCUT2D eigenvalue weighted by molar-refractivity contribution is 7.98. The van der Waals surface area contributed by atoms with Gasteiger partial charge in [-0.25, -0.2) is 4.98 Å². The Balaban J connectivity index is 1.46. The lowest BCUT2D eigenvalue weighted by Crippen LogP contribution is -2.12. The van der Waals surface area contributed by atoms with Gasteiger partial charge >= 0.3 is 0 Å². The summed E-state index contributed by atoms with van der Waals surface area (Å²) < 4.78 is 10.2. The highest BCUT2D eigenvalue weighted by atomic mass is 32.2. The van der Waals surface area contributed by atoms with Crippen molar-refractivity contribution in [1.82, 2.24) is 24.1 Å². The molecule has 0 aliphatic rings. The molecule has 0 aliphatic heterocycles. The summed E-state index contributed by atoms with van der Waals surface area (Å²) in [5.41, 5.74) is 4.52. The molecule has 162 valence electrons. The molecule has 4 rings (SSSR count). The van der Waals surface area contributed by atoms with Gasteiger partial charge in [0.25, 0.3) is 0 Å². The molecule has 0 atom stereocenters. The molecule has 0 saturated carbocycles. The van der Waals surface area contributed by atoms with E-state index in [0.29, 0.717) is 12.5 Å². The molecule has 0 saturated heterocycles. The normalized spacial score (nSPS) is 11.5. The molecule has 31 heavy (non-hydrogen) atoms. The molecular formula is C24H29N5OS. The molecular weight excluding hydrogens is 406 g/mol. The van der Waals surface area contributed by atoms with Gasteiger partial charge in [0, 0.05) is 24.7 Å². The largest absolute Gasteiger partial charge is 0.486 e. The Morgan fingerprint density at radius 3 is 2.58 bits per heavy atom. The zero-order valence-corrected chi connectivity index (χ0v) is 19.4. The number of benzene rings is 1. The van der Waals surface area contributed by atoms with E-state index >= 15 is 0 Å². The molecule has 3 aromatic heterocycles. The van der Waals surface area contributed by atoms with Gasteiger partial charge in [0.1, 0.15) is 18.0 Å². The van der Waals surface area contributed by atoms with Crippen LogP contribution < -0.4 is 4.74 Å². The van der Waals surface area contributed by atoms with Crippen LogP contribution in [0.5, 0.6) is 5.75 Å². The molecule has 6 nitrogen and oxygen atoms in total. The van der Waals surface area contributed by atoms with Crippen LogP contribution in [0.4, 0.5) is 0 Å². The molecule has 0 bridgehead atoms. The van der Waals surface area contributed by atoms with E-state index in [0.717, 1.165) is 46.8 Å². The fourth-order valence-corrected chi connectivity index (χ4v) is 4.26. The summed E-state index contributed by atoms with van der Waals surface area (Å²) >= 11 is 1.67. The third kappa shape index (κ3) is 5.28. The Labute approximate surface area is 187 Å². The topological polar surface area (TPSA) is 57.2 Å². The molecule has 3 heterocycles. The van der Waals surface area contributed by atoms with Crippen LogP contribution in [-0.4, -0.2) is 24.1 Å². The van der Waals surface area contributed by atoms with E-state index < -0.39 is 0 Å². The number of imidazole rings is 1. The van der Waals surface area contributed by atoms with Crippen LogP contribution in [-0.2, 0) is 25.3 Å². The lowest BCUT2D eigenvalue weighted by atomic mass is 10.2. The van der Waals surface area contributed by atoms with Gasteiger partial charge in [-0.3, -0.25) is 0 Å². The van der Waals surface area contributed by atoms with Crippen LogP contribution in [0.25, 0.3) is 5.65 Å². The number of thioether (sulfide) groups is 1. The summed E-state index contributed by atoms with van der Waals surface area (Å²) in [7, 11) is 0. The number of pyridine rings is 1. The van der Waals surface area contributed by atoms with Crippen molar-refractivity contribution >= 4 is 17.4 Å². The van der Waals surface area contributed by atoms with Gasteiger partial charge in [-0.05, 0) is 48.6 Å². The Morgan fingerprint density at radius 2 is 1.84 bits per heavy atom. The molecule has 0 fully saturated rings. The summed E-state index contributed by atoms with van der Waals surface area (Å²) in [6.07, 6.45) is 5.21. The van der Waals surface area contributed by atoms with Crippen molar-refractivity contribution in [1.29, 1.82) is 0 Å². The van der Waals surface area contributed by atoms with Gasteiger partial charge in [-0.2, -0.15) is 0 Å². The van der Waals surface area contributed by atoms with Crippen LogP contribution in [0.1, 0.15) is 43.4 Å². The SMILES string of the molecule is CCc1ccc(OCc2nnc(SCc3cn4cc(C)ccc4n3)n2CC(C)C)cc1. The summed E-state index contributed by atoms with van der Waals surface area (Å²) in [6, 6.07) is 12.4. The zero-order chi connectivity index (χ0) is 21.8. The fraction of sp³-hybridized carbons (Fsp3) is 0.375. The van der Waals surface area contributed by atoms with E-state index in [1.54, 1.807) is 11.8 Å². The average molecular weight is 436 g/mol. The van der Waals surface area contributed by atoms with Crippen molar-refractivity contribution < 1.29 is 4.74 Å². The van der Waals surface area contributed by atoms with E-state index in [1.165, 1.54) is 11.1 Å². The molecule has 0 unspecified atom stereocenters. The molecule has 1 aromatic carbocycles. The van der Waals surface area contributed by atoms with Crippen LogP contribution >= 0.6 is 11.8 Å². The minimum Gasteiger partial charge on any atom is -0.486 e. The summed E-state index contributed by atoms with van der Waals surface area (Å²) in [4.78, 5) is 4.72. The number of hydrogen-bond acceptors (Lipinski definition) is 5. The van der Waals surface area contributed by atoms with Gasteiger partial charge in [0.05, 0.1) is 5.69 Å². The van der Waals surface area contributed by atoms with Gasteiger partial charge < -0.3 is 13.7 Å². The Hall–Kier alpha value is -2.80. The third-order valence-corrected chi connectivity index (χ3v) is 6.04. The van der Waals surface area contributed by atoms with Crippen LogP contribution in [0.15, 0.2) is 53.9 Å². The predicted octanol–water partition coefficient (Wildman–Crippen LogP) is 5.32. The van der Waals surface area contributed by atoms with E-state index in [2.05, 4.69) is 77.5 Å². The first-order valence-corrected chi connectivity index (χ1v) is 11.7. The molecule has 0 spiro atoms. The number of nitrogens with zero attached hydrogens (tertiary/aromatic N) is 5. The maximum absolute atomic E-state index is 5.99. The van der Waals surface area contributed by atoms with E-state index in [-0.39, 0.29) is 0 Å². The van der Waals surface area contributed by atoms with E-state index in [1.807, 2.05) is 18.2 Å². The zero-order valence-electron chi connectivity index (χ0n) is 18.6. The van der Waals surface area contributed by atoms with Crippen molar-refractivity contribution in [3.63, 3.8) is 0 Å². The highest BCUT2D eigenvalue weighted by Gasteiger charge is 2.15. The number of aromatic nitrogens is 5. The molecule has 0 radical (unpaired) electrons. The second kappa shape index (κ2) is 9.56. The standard InChI is InChI=1S/C24H29N5OS/c1-5-19-7-9-21(10-8-19)30-15-23-26-27-24(29(23)12-17(2)3)31-16-20-14-28-13-18(4)6-11-22(28)25-20/h6-11,13-14,17H,5,12,15-16H2,1-4H3. The first kappa shape index (κ1) is 21.4. The van der Waals surface area contributed by atoms with Crippen molar-refractivity contribution in [2.24, 2.45) is 5.92 Å². The monoisotopic (exact) mass is 435 g/mol. The summed E-state index contributed by atoms with van der Waals surface area (Å²) in [6.45, 7) is 9.90. The van der Waals surface area contributed by atoms with Crippen molar-refractivity contribution in [3.8, 4) is 5.75 Å². The first-order valence-electron chi connectivity index (χ1n) is 10.7. The second-order valence-corrected chi connectivity index (χ2v) is 9.12. The third-order valence-electron chi connectivity index (χ3n) is 5.04. The smallest absolute Gasteiger partial charge is 0.191 e. The summed E-state index contributed by atoms with van der Waals surface area (Å²) in [5, 5.41) is 9.78. The Kier molecular flexibility index (Phi) is 6.61. The second-order valence-electron chi connectivity index (χ2n) is 8.18. The number of rotatable bonds is 9. The van der Waals surface area contributed by atoms with Crippen LogP contribution in [0.2, 0.25) is 0 Å². The molecule has 4 aromatic rings. The highest BCUT2D eigenvalue weighted by Crippen LogP contribution is 2.24. The minimum absolute atomic E-state index is 0.402. The maximum atomic E-state index is 5.99. The van der Waals surface area contributed by atoms with Crippen molar-refractivity contribution in [3.05, 3.63) is 71.4 Å². The number of aryl methyl sites for hydroxylation is 2. The van der Waals surface area contributed by atoms with Crippen molar-refractivity contribution in [2.45, 2.75) is 58.2 Å². The lowest BCUT2D eigenvalue weighted by molar-refractivity contribution is 0.284. The summed E-state index contributed by atoms with van der Waals surface area (Å²) in [5.74, 6) is 2.93. The lowest BCUT2D eigenvalue weighted by Gasteiger charge is -2.13. The number of fused-ring (bicyclic) bond motifs is 1. The molecule has 0 amide bonds. The molecule has 7 heteroatoms. The number of ether oxygens (including phenoxy) is 1. The van der Waals surface area contributed by atoms with Crippen LogP contribution in [0.3, 0.4) is 0 Å². The first-order chi connectivity index (χ1) is 15.0. The van der Waals surface area contributed by atoms with E-state index in [4.69, 9.17) is 9.72 Å². The molecule has 0 aliphatic carbocycles.